The lowest BCUT2D eigenvalue weighted by Gasteiger charge is -2.29. The van der Waals surface area contributed by atoms with E-state index in [1.165, 1.54) is 0 Å². The van der Waals surface area contributed by atoms with Crippen molar-refractivity contribution in [3.05, 3.63) is 48.8 Å². The van der Waals surface area contributed by atoms with Crippen LogP contribution in [0.2, 0.25) is 0 Å². The number of amides is 3. The second kappa shape index (κ2) is 8.51. The summed E-state index contributed by atoms with van der Waals surface area (Å²) in [6.07, 6.45) is 6.23. The highest BCUT2D eigenvalue weighted by Gasteiger charge is 2.24. The first-order valence-electron chi connectivity index (χ1n) is 10.8. The van der Waals surface area contributed by atoms with Gasteiger partial charge in [0.25, 0.3) is 0 Å². The second-order valence-corrected chi connectivity index (χ2v) is 8.26. The molecular formula is C23H25N5O4. The van der Waals surface area contributed by atoms with Gasteiger partial charge in [-0.1, -0.05) is 0 Å². The Morgan fingerprint density at radius 1 is 1.00 bits per heavy atom. The number of nitrogens with one attached hydrogen (secondary N) is 2. The molecule has 9 nitrogen and oxygen atoms in total. The normalized spacial score (nSPS) is 16.7. The van der Waals surface area contributed by atoms with Gasteiger partial charge in [-0.2, -0.15) is 0 Å². The third-order valence-electron chi connectivity index (χ3n) is 5.74. The lowest BCUT2D eigenvalue weighted by Crippen LogP contribution is -2.42. The Kier molecular flexibility index (Phi) is 5.40. The summed E-state index contributed by atoms with van der Waals surface area (Å²) < 4.78 is 7.57. The number of hydrogen-bond donors (Lipinski definition) is 3. The van der Waals surface area contributed by atoms with Crippen LogP contribution in [0.5, 0.6) is 11.5 Å². The van der Waals surface area contributed by atoms with Gasteiger partial charge in [-0.3, -0.25) is 9.88 Å². The highest BCUT2D eigenvalue weighted by Crippen LogP contribution is 2.28. The van der Waals surface area contributed by atoms with E-state index in [0.29, 0.717) is 49.3 Å². The Morgan fingerprint density at radius 2 is 1.78 bits per heavy atom. The minimum Gasteiger partial charge on any atom is -0.457 e. The van der Waals surface area contributed by atoms with Crippen LogP contribution in [-0.4, -0.2) is 56.9 Å². The monoisotopic (exact) mass is 435 g/mol. The number of urea groups is 1. The SMILES string of the molecule is O=C(Nc1cc(Oc2ccc3c(ccn3C(=O)NC3CC3)c2)ccn1)N1CCC(O)CC1. The second-order valence-electron chi connectivity index (χ2n) is 8.26. The Hall–Kier alpha value is -3.59. The van der Waals surface area contributed by atoms with Crippen molar-refractivity contribution in [3.8, 4) is 11.5 Å². The number of carbonyl (C=O) groups excluding carboxylic acids is 2. The molecule has 5 rings (SSSR count). The molecule has 2 aromatic heterocycles. The predicted molar refractivity (Wildman–Crippen MR) is 119 cm³/mol. The van der Waals surface area contributed by atoms with Crippen molar-refractivity contribution in [2.24, 2.45) is 0 Å². The Bertz CT molecular complexity index is 1150. The zero-order valence-electron chi connectivity index (χ0n) is 17.5. The van der Waals surface area contributed by atoms with Crippen LogP contribution in [0.1, 0.15) is 25.7 Å². The number of hydrogen-bond acceptors (Lipinski definition) is 5. The van der Waals surface area contributed by atoms with Crippen molar-refractivity contribution in [2.75, 3.05) is 18.4 Å². The molecule has 166 valence electrons. The van der Waals surface area contributed by atoms with Gasteiger partial charge < -0.3 is 20.1 Å². The number of aromatic nitrogens is 2. The lowest BCUT2D eigenvalue weighted by atomic mass is 10.1. The van der Waals surface area contributed by atoms with E-state index in [2.05, 4.69) is 15.6 Å². The molecule has 1 aliphatic carbocycles. The molecule has 2 aliphatic rings. The summed E-state index contributed by atoms with van der Waals surface area (Å²) >= 11 is 0. The molecule has 0 unspecified atom stereocenters. The summed E-state index contributed by atoms with van der Waals surface area (Å²) in [7, 11) is 0. The summed E-state index contributed by atoms with van der Waals surface area (Å²) in [5, 5.41) is 16.3. The average Bonchev–Trinajstić information content (AvgIpc) is 3.50. The largest absolute Gasteiger partial charge is 0.457 e. The summed E-state index contributed by atoms with van der Waals surface area (Å²) in [5.74, 6) is 1.54. The number of fused-ring (bicyclic) bond motifs is 1. The fourth-order valence-electron chi connectivity index (χ4n) is 3.77. The molecule has 0 spiro atoms. The van der Waals surface area contributed by atoms with Crippen LogP contribution in [-0.2, 0) is 0 Å². The van der Waals surface area contributed by atoms with Crippen LogP contribution in [0.3, 0.4) is 0 Å². The number of aliphatic hydroxyl groups excluding tert-OH is 1. The third-order valence-corrected chi connectivity index (χ3v) is 5.74. The van der Waals surface area contributed by atoms with Gasteiger partial charge in [0.15, 0.2) is 0 Å². The minimum atomic E-state index is -0.337. The highest BCUT2D eigenvalue weighted by atomic mass is 16.5. The Labute approximate surface area is 185 Å². The topological polar surface area (TPSA) is 109 Å². The van der Waals surface area contributed by atoms with Gasteiger partial charge in [-0.05, 0) is 56.0 Å². The zero-order valence-corrected chi connectivity index (χ0v) is 17.5. The fraction of sp³-hybridized carbons (Fsp3) is 0.348. The number of ether oxygens (including phenoxy) is 1. The smallest absolute Gasteiger partial charge is 0.326 e. The molecule has 0 bridgehead atoms. The maximum atomic E-state index is 12.4. The van der Waals surface area contributed by atoms with Crippen molar-refractivity contribution in [3.63, 3.8) is 0 Å². The van der Waals surface area contributed by atoms with E-state index in [0.717, 1.165) is 23.7 Å². The van der Waals surface area contributed by atoms with Crippen LogP contribution < -0.4 is 15.4 Å². The van der Waals surface area contributed by atoms with Crippen molar-refractivity contribution in [2.45, 2.75) is 37.8 Å². The molecular weight excluding hydrogens is 410 g/mol. The molecule has 3 N–H and O–H groups in total. The van der Waals surface area contributed by atoms with Crippen LogP contribution in [0, 0.1) is 0 Å². The molecule has 0 radical (unpaired) electrons. The molecule has 1 aromatic carbocycles. The lowest BCUT2D eigenvalue weighted by molar-refractivity contribution is 0.0972. The number of nitrogens with zero attached hydrogens (tertiary/aromatic N) is 3. The Morgan fingerprint density at radius 3 is 2.56 bits per heavy atom. The van der Waals surface area contributed by atoms with Crippen LogP contribution in [0.25, 0.3) is 10.9 Å². The van der Waals surface area contributed by atoms with Gasteiger partial charge in [0.2, 0.25) is 0 Å². The molecule has 0 atom stereocenters. The number of likely N-dealkylation sites (tertiary alicyclic amines) is 1. The number of piperidine rings is 1. The quantitative estimate of drug-likeness (QED) is 0.581. The van der Waals surface area contributed by atoms with E-state index >= 15 is 0 Å². The van der Waals surface area contributed by atoms with Crippen LogP contribution >= 0.6 is 0 Å². The molecule has 3 aromatic rings. The van der Waals surface area contributed by atoms with Gasteiger partial charge >= 0.3 is 12.1 Å². The molecule has 9 heteroatoms. The van der Waals surface area contributed by atoms with E-state index in [4.69, 9.17) is 4.74 Å². The van der Waals surface area contributed by atoms with Crippen LogP contribution in [0.4, 0.5) is 15.4 Å². The summed E-state index contributed by atoms with van der Waals surface area (Å²) in [6, 6.07) is 10.7. The van der Waals surface area contributed by atoms with Crippen molar-refractivity contribution >= 4 is 28.8 Å². The predicted octanol–water partition coefficient (Wildman–Crippen LogP) is 3.54. The number of carbonyl (C=O) groups is 2. The van der Waals surface area contributed by atoms with Gasteiger partial charge in [0.1, 0.15) is 17.3 Å². The molecule has 2 fully saturated rings. The molecule has 32 heavy (non-hydrogen) atoms. The van der Waals surface area contributed by atoms with Gasteiger partial charge in [-0.15, -0.1) is 0 Å². The van der Waals surface area contributed by atoms with Gasteiger partial charge in [0, 0.05) is 43.0 Å². The molecule has 1 saturated carbocycles. The van der Waals surface area contributed by atoms with E-state index in [1.807, 2.05) is 18.2 Å². The molecule has 3 heterocycles. The summed E-state index contributed by atoms with van der Waals surface area (Å²) in [6.45, 7) is 1.03. The minimum absolute atomic E-state index is 0.117. The molecule has 3 amide bonds. The fourth-order valence-corrected chi connectivity index (χ4v) is 3.77. The molecule has 1 saturated heterocycles. The average molecular weight is 435 g/mol. The number of aliphatic hydroxyl groups is 1. The number of rotatable bonds is 4. The van der Waals surface area contributed by atoms with E-state index in [9.17, 15) is 14.7 Å². The highest BCUT2D eigenvalue weighted by molar-refractivity contribution is 5.92. The Balaban J connectivity index is 1.25. The van der Waals surface area contributed by atoms with Crippen LogP contribution in [0.15, 0.2) is 48.8 Å². The van der Waals surface area contributed by atoms with Crippen molar-refractivity contribution in [1.82, 2.24) is 19.8 Å². The van der Waals surface area contributed by atoms with Crippen molar-refractivity contribution < 1.29 is 19.4 Å². The third kappa shape index (κ3) is 4.52. The maximum Gasteiger partial charge on any atom is 0.326 e. The zero-order chi connectivity index (χ0) is 22.1. The summed E-state index contributed by atoms with van der Waals surface area (Å²) in [4.78, 5) is 30.7. The van der Waals surface area contributed by atoms with E-state index < -0.39 is 0 Å². The van der Waals surface area contributed by atoms with E-state index in [-0.39, 0.29) is 18.2 Å². The van der Waals surface area contributed by atoms with Crippen molar-refractivity contribution in [1.29, 1.82) is 0 Å². The first kappa shape index (κ1) is 20.3. The standard InChI is InChI=1S/C23H25N5O4/c29-17-7-10-27(11-8-17)22(30)26-21-14-19(5-9-24-21)32-18-3-4-20-15(13-18)6-12-28(20)23(31)25-16-1-2-16/h3-6,9,12-14,16-17,29H,1-2,7-8,10-11H2,(H,25,31)(H,24,26,30). The maximum absolute atomic E-state index is 12.4. The summed E-state index contributed by atoms with van der Waals surface area (Å²) in [5.41, 5.74) is 0.810. The number of pyridine rings is 1. The first-order chi connectivity index (χ1) is 15.5. The molecule has 1 aliphatic heterocycles. The van der Waals surface area contributed by atoms with Gasteiger partial charge in [-0.25, -0.2) is 14.6 Å². The number of benzene rings is 1. The van der Waals surface area contributed by atoms with E-state index in [1.54, 1.807) is 40.1 Å². The number of anilines is 1. The van der Waals surface area contributed by atoms with Gasteiger partial charge in [0.05, 0.1) is 11.6 Å². The first-order valence-corrected chi connectivity index (χ1v) is 10.8.